The number of carbonyl (C=O) groups excluding carboxylic acids is 1. The number of anilines is 1. The van der Waals surface area contributed by atoms with E-state index in [2.05, 4.69) is 10.3 Å². The third-order valence-electron chi connectivity index (χ3n) is 2.66. The Morgan fingerprint density at radius 1 is 1.40 bits per heavy atom. The Morgan fingerprint density at radius 2 is 2.15 bits per heavy atom. The fourth-order valence-corrected chi connectivity index (χ4v) is 1.64. The van der Waals surface area contributed by atoms with Gasteiger partial charge in [0.15, 0.2) is 6.39 Å². The van der Waals surface area contributed by atoms with Gasteiger partial charge in [-0.15, -0.1) is 0 Å². The first kappa shape index (κ1) is 13.6. The lowest BCUT2D eigenvalue weighted by Gasteiger charge is -2.09. The summed E-state index contributed by atoms with van der Waals surface area (Å²) in [5.74, 6) is -1.31. The number of carbonyl (C=O) groups is 2. The first-order chi connectivity index (χ1) is 9.52. The zero-order valence-electron chi connectivity index (χ0n) is 10.8. The Hall–Kier alpha value is -2.83. The number of hydrogen-bond acceptors (Lipinski definition) is 5. The molecule has 0 saturated carbocycles. The van der Waals surface area contributed by atoms with Gasteiger partial charge in [0.1, 0.15) is 5.75 Å². The Balaban J connectivity index is 2.32. The maximum Gasteiger partial charge on any atom is 0.337 e. The van der Waals surface area contributed by atoms with Gasteiger partial charge in [-0.25, -0.2) is 9.78 Å². The molecule has 20 heavy (non-hydrogen) atoms. The number of aromatic nitrogens is 1. The van der Waals surface area contributed by atoms with Crippen molar-refractivity contribution < 1.29 is 23.8 Å². The minimum Gasteiger partial charge on any atom is -0.497 e. The first-order valence-corrected chi connectivity index (χ1v) is 5.65. The molecule has 1 amide bonds. The van der Waals surface area contributed by atoms with Crippen LogP contribution in [0.5, 0.6) is 5.75 Å². The van der Waals surface area contributed by atoms with Crippen LogP contribution in [0, 0.1) is 6.92 Å². The van der Waals surface area contributed by atoms with E-state index in [1.165, 1.54) is 19.2 Å². The molecule has 0 radical (unpaired) electrons. The van der Waals surface area contributed by atoms with Gasteiger partial charge in [0, 0.05) is 0 Å². The summed E-state index contributed by atoms with van der Waals surface area (Å²) in [6.07, 6.45) is 1.15. The van der Waals surface area contributed by atoms with Crippen LogP contribution in [0.1, 0.15) is 26.6 Å². The van der Waals surface area contributed by atoms with Crippen LogP contribution in [0.25, 0.3) is 0 Å². The molecule has 1 aromatic carbocycles. The summed E-state index contributed by atoms with van der Waals surface area (Å²) in [7, 11) is 1.43. The van der Waals surface area contributed by atoms with Gasteiger partial charge in [0.2, 0.25) is 5.76 Å². The molecule has 0 bridgehead atoms. The summed E-state index contributed by atoms with van der Waals surface area (Å²) in [6.45, 7) is 1.62. The molecule has 1 heterocycles. The maximum absolute atomic E-state index is 12.0. The third kappa shape index (κ3) is 2.61. The molecule has 0 atom stereocenters. The van der Waals surface area contributed by atoms with Crippen LogP contribution in [0.4, 0.5) is 5.69 Å². The summed E-state index contributed by atoms with van der Waals surface area (Å²) in [4.78, 5) is 26.9. The van der Waals surface area contributed by atoms with Gasteiger partial charge >= 0.3 is 5.97 Å². The molecular formula is C13H12N2O5. The summed E-state index contributed by atoms with van der Waals surface area (Å²) in [5, 5.41) is 11.6. The number of benzene rings is 1. The molecule has 104 valence electrons. The van der Waals surface area contributed by atoms with E-state index in [0.29, 0.717) is 11.4 Å². The lowest BCUT2D eigenvalue weighted by atomic mass is 10.1. The summed E-state index contributed by atoms with van der Waals surface area (Å²) < 4.78 is 9.90. The highest BCUT2D eigenvalue weighted by molar-refractivity contribution is 6.06. The molecule has 0 saturated heterocycles. The van der Waals surface area contributed by atoms with Crippen LogP contribution < -0.4 is 10.1 Å². The van der Waals surface area contributed by atoms with Crippen LogP contribution in [-0.4, -0.2) is 29.1 Å². The lowest BCUT2D eigenvalue weighted by Crippen LogP contribution is -2.15. The number of carboxylic acids is 1. The smallest absolute Gasteiger partial charge is 0.337 e. The fourth-order valence-electron chi connectivity index (χ4n) is 1.64. The van der Waals surface area contributed by atoms with E-state index in [1.54, 1.807) is 13.0 Å². The lowest BCUT2D eigenvalue weighted by molar-refractivity contribution is 0.0697. The van der Waals surface area contributed by atoms with Crippen LogP contribution in [0.3, 0.4) is 0 Å². The zero-order chi connectivity index (χ0) is 14.7. The average Bonchev–Trinajstić information content (AvgIpc) is 2.85. The maximum atomic E-state index is 12.0. The van der Waals surface area contributed by atoms with E-state index in [-0.39, 0.29) is 17.0 Å². The molecular weight excluding hydrogens is 264 g/mol. The minimum absolute atomic E-state index is 0.0390. The number of ether oxygens (including phenoxy) is 1. The summed E-state index contributed by atoms with van der Waals surface area (Å²) in [5.41, 5.74) is 0.502. The fraction of sp³-hybridized carbons (Fsp3) is 0.154. The van der Waals surface area contributed by atoms with Crippen molar-refractivity contribution in [3.63, 3.8) is 0 Å². The Bertz CT molecular complexity index is 663. The predicted molar refractivity (Wildman–Crippen MR) is 69.1 cm³/mol. The Kier molecular flexibility index (Phi) is 3.69. The average molecular weight is 276 g/mol. The normalized spacial score (nSPS) is 10.1. The van der Waals surface area contributed by atoms with Crippen molar-refractivity contribution in [3.05, 3.63) is 41.6 Å². The number of nitrogens with one attached hydrogen (secondary N) is 1. The van der Waals surface area contributed by atoms with Gasteiger partial charge in [-0.2, -0.15) is 0 Å². The number of hydrogen-bond donors (Lipinski definition) is 2. The number of rotatable bonds is 4. The van der Waals surface area contributed by atoms with Crippen molar-refractivity contribution in [3.8, 4) is 5.75 Å². The van der Waals surface area contributed by atoms with E-state index < -0.39 is 11.9 Å². The van der Waals surface area contributed by atoms with Gasteiger partial charge in [-0.1, -0.05) is 0 Å². The van der Waals surface area contributed by atoms with Crippen LogP contribution in [0.2, 0.25) is 0 Å². The second kappa shape index (κ2) is 5.43. The second-order valence-electron chi connectivity index (χ2n) is 3.94. The van der Waals surface area contributed by atoms with E-state index in [9.17, 15) is 9.59 Å². The summed E-state index contributed by atoms with van der Waals surface area (Å²) in [6, 6.07) is 4.33. The zero-order valence-corrected chi connectivity index (χ0v) is 10.8. The van der Waals surface area contributed by atoms with Gasteiger partial charge in [-0.05, 0) is 25.1 Å². The molecule has 2 N–H and O–H groups in total. The second-order valence-corrected chi connectivity index (χ2v) is 3.94. The molecule has 0 spiro atoms. The largest absolute Gasteiger partial charge is 0.497 e. The molecule has 1 aromatic heterocycles. The summed E-state index contributed by atoms with van der Waals surface area (Å²) >= 11 is 0. The van der Waals surface area contributed by atoms with Crippen molar-refractivity contribution in [2.75, 3.05) is 12.4 Å². The SMILES string of the molecule is COc1ccc(NC(=O)c2ocnc2C)c(C(=O)O)c1. The molecule has 7 nitrogen and oxygen atoms in total. The monoisotopic (exact) mass is 276 g/mol. The molecule has 0 fully saturated rings. The molecule has 7 heteroatoms. The quantitative estimate of drug-likeness (QED) is 0.884. The number of amides is 1. The standard InChI is InChI=1S/C13H12N2O5/c1-7-11(20-6-14-7)12(16)15-10-4-3-8(19-2)5-9(10)13(17)18/h3-6H,1-2H3,(H,15,16)(H,17,18). The molecule has 2 rings (SSSR count). The number of oxazole rings is 1. The van der Waals surface area contributed by atoms with Gasteiger partial charge in [0.25, 0.3) is 5.91 Å². The third-order valence-corrected chi connectivity index (χ3v) is 2.66. The molecule has 0 unspecified atom stereocenters. The van der Waals surface area contributed by atoms with Gasteiger partial charge in [-0.3, -0.25) is 4.79 Å². The predicted octanol–water partition coefficient (Wildman–Crippen LogP) is 1.94. The van der Waals surface area contributed by atoms with Crippen LogP contribution in [-0.2, 0) is 0 Å². The Labute approximate surface area is 114 Å². The van der Waals surface area contributed by atoms with Crippen LogP contribution >= 0.6 is 0 Å². The van der Waals surface area contributed by atoms with Crippen molar-refractivity contribution >= 4 is 17.6 Å². The minimum atomic E-state index is -1.17. The first-order valence-electron chi connectivity index (χ1n) is 5.65. The number of aromatic carboxylic acids is 1. The highest BCUT2D eigenvalue weighted by Gasteiger charge is 2.18. The highest BCUT2D eigenvalue weighted by Crippen LogP contribution is 2.23. The topological polar surface area (TPSA) is 102 Å². The van der Waals surface area contributed by atoms with E-state index in [4.69, 9.17) is 14.3 Å². The van der Waals surface area contributed by atoms with Crippen molar-refractivity contribution in [1.82, 2.24) is 4.98 Å². The van der Waals surface area contributed by atoms with Gasteiger partial charge in [0.05, 0.1) is 24.1 Å². The molecule has 0 aliphatic heterocycles. The van der Waals surface area contributed by atoms with E-state index >= 15 is 0 Å². The van der Waals surface area contributed by atoms with E-state index in [0.717, 1.165) is 6.39 Å². The van der Waals surface area contributed by atoms with Gasteiger partial charge < -0.3 is 19.6 Å². The van der Waals surface area contributed by atoms with Crippen molar-refractivity contribution in [1.29, 1.82) is 0 Å². The number of nitrogens with zero attached hydrogens (tertiary/aromatic N) is 1. The molecule has 2 aromatic rings. The highest BCUT2D eigenvalue weighted by atomic mass is 16.5. The molecule has 0 aliphatic carbocycles. The van der Waals surface area contributed by atoms with E-state index in [1.807, 2.05) is 0 Å². The molecule has 0 aliphatic rings. The van der Waals surface area contributed by atoms with Crippen LogP contribution in [0.15, 0.2) is 29.0 Å². The number of aryl methyl sites for hydroxylation is 1. The number of carboxylic acid groups (broad SMARTS) is 1. The van der Waals surface area contributed by atoms with Crippen molar-refractivity contribution in [2.45, 2.75) is 6.92 Å². The number of methoxy groups -OCH3 is 1. The Morgan fingerprint density at radius 3 is 2.70 bits per heavy atom. The van der Waals surface area contributed by atoms with Crippen molar-refractivity contribution in [2.24, 2.45) is 0 Å².